The van der Waals surface area contributed by atoms with E-state index in [2.05, 4.69) is 22.1 Å². The third-order valence-electron chi connectivity index (χ3n) is 6.20. The molecule has 1 aliphatic heterocycles. The normalized spacial score (nSPS) is 16.5. The van der Waals surface area contributed by atoms with Crippen molar-refractivity contribution in [3.05, 3.63) is 52.2 Å². The van der Waals surface area contributed by atoms with Gasteiger partial charge in [-0.25, -0.2) is 4.98 Å². The minimum absolute atomic E-state index is 0.0728. The number of aryl methyl sites for hydroxylation is 1. The highest BCUT2D eigenvalue weighted by Crippen LogP contribution is 2.27. The van der Waals surface area contributed by atoms with Crippen molar-refractivity contribution >= 4 is 17.0 Å². The number of likely N-dealkylation sites (tertiary alicyclic amines) is 1. The summed E-state index contributed by atoms with van der Waals surface area (Å²) >= 11 is 0. The average Bonchev–Trinajstić information content (AvgIpc) is 3.42. The van der Waals surface area contributed by atoms with Gasteiger partial charge in [-0.15, -0.1) is 0 Å². The quantitative estimate of drug-likeness (QED) is 0.572. The predicted octanol–water partition coefficient (Wildman–Crippen LogP) is 2.74. The van der Waals surface area contributed by atoms with Gasteiger partial charge < -0.3 is 18.9 Å². The van der Waals surface area contributed by atoms with Crippen LogP contribution in [0.1, 0.15) is 47.7 Å². The molecule has 0 radical (unpaired) electrons. The van der Waals surface area contributed by atoms with Crippen molar-refractivity contribution in [1.82, 2.24) is 19.8 Å². The van der Waals surface area contributed by atoms with E-state index in [1.54, 1.807) is 20.3 Å². The Labute approximate surface area is 186 Å². The zero-order chi connectivity index (χ0) is 22.7. The number of nitrogens with one attached hydrogen (secondary N) is 1. The van der Waals surface area contributed by atoms with Gasteiger partial charge in [-0.2, -0.15) is 0 Å². The molecule has 172 valence electrons. The molecule has 3 aromatic rings. The Bertz CT molecular complexity index is 1110. The second kappa shape index (κ2) is 9.70. The summed E-state index contributed by atoms with van der Waals surface area (Å²) in [7, 11) is 1.57. The van der Waals surface area contributed by atoms with Crippen LogP contribution >= 0.6 is 0 Å². The summed E-state index contributed by atoms with van der Waals surface area (Å²) in [5.74, 6) is 1.53. The van der Waals surface area contributed by atoms with E-state index in [0.29, 0.717) is 31.4 Å². The highest BCUT2D eigenvalue weighted by atomic mass is 16.5. The highest BCUT2D eigenvalue weighted by Gasteiger charge is 2.28. The van der Waals surface area contributed by atoms with E-state index in [-0.39, 0.29) is 34.2 Å². The molecule has 1 fully saturated rings. The fourth-order valence-corrected chi connectivity index (χ4v) is 4.27. The van der Waals surface area contributed by atoms with Crippen LogP contribution in [0.3, 0.4) is 0 Å². The smallest absolute Gasteiger partial charge is 0.265 e. The van der Waals surface area contributed by atoms with Crippen molar-refractivity contribution in [2.24, 2.45) is 5.92 Å². The summed E-state index contributed by atoms with van der Waals surface area (Å²) in [5, 5.41) is 3.20. The van der Waals surface area contributed by atoms with Crippen molar-refractivity contribution < 1.29 is 18.4 Å². The molecule has 3 aromatic heterocycles. The summed E-state index contributed by atoms with van der Waals surface area (Å²) in [6.07, 6.45) is 5.30. The van der Waals surface area contributed by atoms with Crippen molar-refractivity contribution in [2.45, 2.75) is 39.3 Å². The minimum Gasteiger partial charge on any atom is -0.468 e. The first-order valence-electron chi connectivity index (χ1n) is 11.0. The molecule has 1 aliphatic rings. The Morgan fingerprint density at radius 3 is 2.84 bits per heavy atom. The van der Waals surface area contributed by atoms with E-state index in [0.717, 1.165) is 31.7 Å². The molecule has 0 aromatic carbocycles. The summed E-state index contributed by atoms with van der Waals surface area (Å²) in [4.78, 5) is 32.7. The number of hydrogen-bond donors (Lipinski definition) is 1. The van der Waals surface area contributed by atoms with Crippen LogP contribution in [0, 0.1) is 12.8 Å². The standard InChI is InChI=1S/C23H30N4O5/c1-15-6-8-26(9-7-15)17(18-5-4-11-31-18)13-24-21(28)19-16(2)32-22-20(19)23(29)27(14-25-22)10-12-30-3/h4-5,11,14-15,17H,6-10,12-13H2,1-3H3,(H,24,28). The monoisotopic (exact) mass is 442 g/mol. The number of fused-ring (bicyclic) bond motifs is 1. The number of ether oxygens (including phenoxy) is 1. The van der Waals surface area contributed by atoms with Crippen LogP contribution < -0.4 is 10.9 Å². The molecule has 1 unspecified atom stereocenters. The predicted molar refractivity (Wildman–Crippen MR) is 119 cm³/mol. The fraction of sp³-hybridized carbons (Fsp3) is 0.522. The van der Waals surface area contributed by atoms with E-state index >= 15 is 0 Å². The van der Waals surface area contributed by atoms with E-state index in [1.165, 1.54) is 10.9 Å². The third kappa shape index (κ3) is 4.49. The molecule has 0 saturated carbocycles. The van der Waals surface area contributed by atoms with Crippen molar-refractivity contribution in [3.63, 3.8) is 0 Å². The molecule has 32 heavy (non-hydrogen) atoms. The number of carbonyl (C=O) groups is 1. The molecule has 0 aliphatic carbocycles. The molecule has 0 spiro atoms. The van der Waals surface area contributed by atoms with Gasteiger partial charge in [0, 0.05) is 13.7 Å². The highest BCUT2D eigenvalue weighted by molar-refractivity contribution is 6.06. The number of furan rings is 2. The second-order valence-corrected chi connectivity index (χ2v) is 8.41. The Morgan fingerprint density at radius 1 is 1.38 bits per heavy atom. The van der Waals surface area contributed by atoms with Gasteiger partial charge in [0.1, 0.15) is 23.2 Å². The van der Waals surface area contributed by atoms with Crippen LogP contribution in [0.2, 0.25) is 0 Å². The topological polar surface area (TPSA) is 103 Å². The summed E-state index contributed by atoms with van der Waals surface area (Å²) in [5.41, 5.74) is 0.0790. The Kier molecular flexibility index (Phi) is 6.76. The molecule has 9 nitrogen and oxygen atoms in total. The molecular weight excluding hydrogens is 412 g/mol. The van der Waals surface area contributed by atoms with Crippen molar-refractivity contribution in [1.29, 1.82) is 0 Å². The number of methoxy groups -OCH3 is 1. The first kappa shape index (κ1) is 22.3. The number of piperidine rings is 1. The lowest BCUT2D eigenvalue weighted by molar-refractivity contribution is 0.0895. The number of nitrogens with zero attached hydrogens (tertiary/aromatic N) is 3. The van der Waals surface area contributed by atoms with Crippen LogP contribution in [0.4, 0.5) is 0 Å². The average molecular weight is 443 g/mol. The third-order valence-corrected chi connectivity index (χ3v) is 6.20. The zero-order valence-corrected chi connectivity index (χ0v) is 18.8. The van der Waals surface area contributed by atoms with Crippen LogP contribution in [0.15, 0.2) is 38.4 Å². The van der Waals surface area contributed by atoms with Gasteiger partial charge >= 0.3 is 0 Å². The lowest BCUT2D eigenvalue weighted by atomic mass is 9.97. The summed E-state index contributed by atoms with van der Waals surface area (Å²) in [6, 6.07) is 3.72. The van der Waals surface area contributed by atoms with Gasteiger partial charge in [0.25, 0.3) is 11.5 Å². The first-order chi connectivity index (χ1) is 15.5. The number of hydrogen-bond acceptors (Lipinski definition) is 7. The molecule has 1 saturated heterocycles. The molecule has 1 amide bonds. The Morgan fingerprint density at radius 2 is 2.16 bits per heavy atom. The van der Waals surface area contributed by atoms with E-state index in [1.807, 2.05) is 12.1 Å². The maximum Gasteiger partial charge on any atom is 0.265 e. The molecule has 9 heteroatoms. The van der Waals surface area contributed by atoms with Gasteiger partial charge in [-0.3, -0.25) is 19.1 Å². The van der Waals surface area contributed by atoms with Gasteiger partial charge in [-0.05, 0) is 50.9 Å². The van der Waals surface area contributed by atoms with Crippen LogP contribution in [0.5, 0.6) is 0 Å². The maximum atomic E-state index is 13.2. The SMILES string of the molecule is COCCn1cnc2oc(C)c(C(=O)NCC(c3ccco3)N3CCC(C)CC3)c2c1=O. The van der Waals surface area contributed by atoms with Crippen LogP contribution in [-0.4, -0.2) is 53.7 Å². The Balaban J connectivity index is 1.57. The zero-order valence-electron chi connectivity index (χ0n) is 18.8. The molecule has 4 rings (SSSR count). The summed E-state index contributed by atoms with van der Waals surface area (Å²) < 4.78 is 17.8. The lowest BCUT2D eigenvalue weighted by Crippen LogP contribution is -2.42. The second-order valence-electron chi connectivity index (χ2n) is 8.41. The van der Waals surface area contributed by atoms with E-state index < -0.39 is 0 Å². The number of aromatic nitrogens is 2. The van der Waals surface area contributed by atoms with Crippen LogP contribution in [0.25, 0.3) is 11.1 Å². The minimum atomic E-state index is -0.355. The fourth-order valence-electron chi connectivity index (χ4n) is 4.27. The van der Waals surface area contributed by atoms with E-state index in [4.69, 9.17) is 13.6 Å². The summed E-state index contributed by atoms with van der Waals surface area (Å²) in [6.45, 7) is 6.91. The van der Waals surface area contributed by atoms with Gasteiger partial charge in [-0.1, -0.05) is 6.92 Å². The molecular formula is C23H30N4O5. The maximum absolute atomic E-state index is 13.2. The molecule has 1 atom stereocenters. The van der Waals surface area contributed by atoms with Gasteiger partial charge in [0.05, 0.1) is 31.0 Å². The van der Waals surface area contributed by atoms with Gasteiger partial charge in [0.2, 0.25) is 5.71 Å². The lowest BCUT2D eigenvalue weighted by Gasteiger charge is -2.35. The number of amides is 1. The van der Waals surface area contributed by atoms with Crippen molar-refractivity contribution in [3.8, 4) is 0 Å². The number of rotatable bonds is 8. The molecule has 4 heterocycles. The number of carbonyl (C=O) groups excluding carboxylic acids is 1. The molecule has 1 N–H and O–H groups in total. The van der Waals surface area contributed by atoms with Crippen molar-refractivity contribution in [2.75, 3.05) is 33.4 Å². The Hall–Kier alpha value is -2.91. The largest absolute Gasteiger partial charge is 0.468 e. The van der Waals surface area contributed by atoms with Crippen LogP contribution in [-0.2, 0) is 11.3 Å². The van der Waals surface area contributed by atoms with Gasteiger partial charge in [0.15, 0.2) is 0 Å². The first-order valence-corrected chi connectivity index (χ1v) is 11.0. The van der Waals surface area contributed by atoms with E-state index in [9.17, 15) is 9.59 Å². The molecule has 0 bridgehead atoms.